The van der Waals surface area contributed by atoms with E-state index in [1.807, 2.05) is 23.1 Å². The van der Waals surface area contributed by atoms with Crippen molar-refractivity contribution in [3.05, 3.63) is 59.7 Å². The number of benzene rings is 2. The zero-order valence-electron chi connectivity index (χ0n) is 17.8. The van der Waals surface area contributed by atoms with Crippen LogP contribution in [0.2, 0.25) is 0 Å². The monoisotopic (exact) mass is 405 g/mol. The van der Waals surface area contributed by atoms with Crippen molar-refractivity contribution in [3.63, 3.8) is 0 Å². The third-order valence-electron chi connectivity index (χ3n) is 6.28. The Balaban J connectivity index is 1.45. The first kappa shape index (κ1) is 20.6. The molecule has 5 heteroatoms. The maximum absolute atomic E-state index is 13.0. The molecule has 30 heavy (non-hydrogen) atoms. The van der Waals surface area contributed by atoms with Crippen LogP contribution in [0, 0.1) is 5.92 Å². The Morgan fingerprint density at radius 3 is 2.63 bits per heavy atom. The Hall–Kier alpha value is -2.66. The summed E-state index contributed by atoms with van der Waals surface area (Å²) in [4.78, 5) is 29.3. The number of carbonyl (C=O) groups is 2. The van der Waals surface area contributed by atoms with Gasteiger partial charge in [-0.05, 0) is 68.1 Å². The summed E-state index contributed by atoms with van der Waals surface area (Å²) in [5, 5.41) is 2.96. The second-order valence-electron chi connectivity index (χ2n) is 8.56. The van der Waals surface area contributed by atoms with Gasteiger partial charge in [-0.3, -0.25) is 9.59 Å². The summed E-state index contributed by atoms with van der Waals surface area (Å²) in [5.41, 5.74) is 4.08. The summed E-state index contributed by atoms with van der Waals surface area (Å²) in [6, 6.07) is 16.3. The van der Waals surface area contributed by atoms with E-state index in [9.17, 15) is 9.59 Å². The minimum absolute atomic E-state index is 0.0817. The van der Waals surface area contributed by atoms with E-state index in [2.05, 4.69) is 47.6 Å². The normalized spacial score (nSPS) is 20.5. The molecule has 2 aromatic rings. The molecule has 2 aliphatic heterocycles. The number of piperidine rings is 1. The van der Waals surface area contributed by atoms with Crippen molar-refractivity contribution in [1.29, 1.82) is 0 Å². The number of amides is 2. The highest BCUT2D eigenvalue weighted by atomic mass is 16.2. The first-order valence-corrected chi connectivity index (χ1v) is 11.0. The number of hydrogen-bond donors (Lipinski definition) is 1. The molecule has 0 aliphatic carbocycles. The molecule has 0 aromatic heterocycles. The smallest absolute Gasteiger partial charge is 0.253 e. The summed E-state index contributed by atoms with van der Waals surface area (Å²) < 4.78 is 0. The van der Waals surface area contributed by atoms with E-state index in [1.165, 1.54) is 5.56 Å². The lowest BCUT2D eigenvalue weighted by Gasteiger charge is -2.22. The van der Waals surface area contributed by atoms with Crippen molar-refractivity contribution in [2.45, 2.75) is 25.7 Å². The average molecular weight is 406 g/mol. The van der Waals surface area contributed by atoms with Crippen LogP contribution in [-0.2, 0) is 11.2 Å². The van der Waals surface area contributed by atoms with Gasteiger partial charge in [0.25, 0.3) is 5.91 Å². The SMILES string of the molecule is CN1CCCN(C(=O)c2cccc(-c3ccc(C[C@@H]4CCCNC4=O)cc3)c2)CC1. The number of likely N-dealkylation sites (N-methyl/N-ethyl adjacent to an activating group) is 1. The molecule has 4 rings (SSSR count). The molecule has 158 valence electrons. The van der Waals surface area contributed by atoms with Crippen LogP contribution in [0.15, 0.2) is 48.5 Å². The van der Waals surface area contributed by atoms with Crippen LogP contribution in [0.25, 0.3) is 11.1 Å². The maximum Gasteiger partial charge on any atom is 0.253 e. The highest BCUT2D eigenvalue weighted by Crippen LogP contribution is 2.24. The van der Waals surface area contributed by atoms with Crippen molar-refractivity contribution in [3.8, 4) is 11.1 Å². The Bertz CT molecular complexity index is 894. The molecular formula is C25H31N3O2. The van der Waals surface area contributed by atoms with Gasteiger partial charge >= 0.3 is 0 Å². The molecule has 5 nitrogen and oxygen atoms in total. The summed E-state index contributed by atoms with van der Waals surface area (Å²) in [5.74, 6) is 0.376. The number of nitrogens with one attached hydrogen (secondary N) is 1. The number of carbonyl (C=O) groups excluding carboxylic acids is 2. The Morgan fingerprint density at radius 1 is 1.00 bits per heavy atom. The van der Waals surface area contributed by atoms with Crippen LogP contribution < -0.4 is 5.32 Å². The molecule has 1 N–H and O–H groups in total. The minimum Gasteiger partial charge on any atom is -0.356 e. The molecular weight excluding hydrogens is 374 g/mol. The largest absolute Gasteiger partial charge is 0.356 e. The molecule has 2 fully saturated rings. The van der Waals surface area contributed by atoms with E-state index in [4.69, 9.17) is 0 Å². The molecule has 0 unspecified atom stereocenters. The van der Waals surface area contributed by atoms with Gasteiger partial charge in [0.05, 0.1) is 0 Å². The topological polar surface area (TPSA) is 52.6 Å². The highest BCUT2D eigenvalue weighted by Gasteiger charge is 2.22. The Morgan fingerprint density at radius 2 is 1.83 bits per heavy atom. The van der Waals surface area contributed by atoms with Gasteiger partial charge in [0, 0.05) is 37.7 Å². The zero-order chi connectivity index (χ0) is 20.9. The summed E-state index contributed by atoms with van der Waals surface area (Å²) in [6.07, 6.45) is 3.82. The molecule has 0 saturated carbocycles. The predicted octanol–water partition coefficient (Wildman–Crippen LogP) is 3.20. The zero-order valence-corrected chi connectivity index (χ0v) is 17.8. The van der Waals surface area contributed by atoms with Crippen molar-refractivity contribution in [2.24, 2.45) is 5.92 Å². The van der Waals surface area contributed by atoms with Gasteiger partial charge < -0.3 is 15.1 Å². The Kier molecular flexibility index (Phi) is 6.48. The quantitative estimate of drug-likeness (QED) is 0.850. The lowest BCUT2D eigenvalue weighted by molar-refractivity contribution is -0.126. The molecule has 2 heterocycles. The van der Waals surface area contributed by atoms with Crippen LogP contribution >= 0.6 is 0 Å². The van der Waals surface area contributed by atoms with Crippen LogP contribution in [0.1, 0.15) is 35.2 Å². The number of rotatable bonds is 4. The van der Waals surface area contributed by atoms with E-state index in [-0.39, 0.29) is 17.7 Å². The predicted molar refractivity (Wildman–Crippen MR) is 119 cm³/mol. The third-order valence-corrected chi connectivity index (χ3v) is 6.28. The standard InChI is InChI=1S/C25H31N3O2/c1-27-13-4-14-28(16-15-27)25(30)23-6-2-5-21(18-23)20-10-8-19(9-11-20)17-22-7-3-12-26-24(22)29/h2,5-6,8-11,18,22H,3-4,7,12-17H2,1H3,(H,26,29)/t22-/m0/s1. The van der Waals surface area contributed by atoms with Crippen LogP contribution in [0.4, 0.5) is 0 Å². The molecule has 0 spiro atoms. The fraction of sp³-hybridized carbons (Fsp3) is 0.440. The highest BCUT2D eigenvalue weighted by molar-refractivity contribution is 5.95. The lowest BCUT2D eigenvalue weighted by atomic mass is 9.91. The lowest BCUT2D eigenvalue weighted by Crippen LogP contribution is -2.37. The fourth-order valence-electron chi connectivity index (χ4n) is 4.41. The third kappa shape index (κ3) is 4.90. The molecule has 2 amide bonds. The minimum atomic E-state index is 0.0817. The summed E-state index contributed by atoms with van der Waals surface area (Å²) in [7, 11) is 2.11. The van der Waals surface area contributed by atoms with Gasteiger partial charge in [0.1, 0.15) is 0 Å². The molecule has 2 aliphatic rings. The maximum atomic E-state index is 13.0. The van der Waals surface area contributed by atoms with Gasteiger partial charge in [0.15, 0.2) is 0 Å². The van der Waals surface area contributed by atoms with E-state index >= 15 is 0 Å². The molecule has 1 atom stereocenters. The molecule has 0 radical (unpaired) electrons. The van der Waals surface area contributed by atoms with Crippen LogP contribution in [0.5, 0.6) is 0 Å². The first-order chi connectivity index (χ1) is 14.6. The van der Waals surface area contributed by atoms with Crippen molar-refractivity contribution < 1.29 is 9.59 Å². The van der Waals surface area contributed by atoms with E-state index in [0.29, 0.717) is 0 Å². The van der Waals surface area contributed by atoms with Gasteiger partial charge in [-0.25, -0.2) is 0 Å². The number of nitrogens with zero attached hydrogens (tertiary/aromatic N) is 2. The first-order valence-electron chi connectivity index (χ1n) is 11.0. The Labute approximate surface area is 179 Å². The summed E-state index contributed by atoms with van der Waals surface area (Å²) >= 11 is 0. The molecule has 2 saturated heterocycles. The van der Waals surface area contributed by atoms with Gasteiger partial charge in [-0.1, -0.05) is 36.4 Å². The van der Waals surface area contributed by atoms with Gasteiger partial charge in [-0.2, -0.15) is 0 Å². The van der Waals surface area contributed by atoms with Crippen LogP contribution in [0.3, 0.4) is 0 Å². The second kappa shape index (κ2) is 9.43. The molecule has 2 aromatic carbocycles. The summed E-state index contributed by atoms with van der Waals surface area (Å²) in [6.45, 7) is 4.36. The van der Waals surface area contributed by atoms with Crippen LogP contribution in [-0.4, -0.2) is 61.4 Å². The average Bonchev–Trinajstić information content (AvgIpc) is 3.00. The van der Waals surface area contributed by atoms with E-state index in [0.717, 1.165) is 75.1 Å². The van der Waals surface area contributed by atoms with Gasteiger partial charge in [-0.15, -0.1) is 0 Å². The number of hydrogen-bond acceptors (Lipinski definition) is 3. The fourth-order valence-corrected chi connectivity index (χ4v) is 4.41. The molecule has 0 bridgehead atoms. The van der Waals surface area contributed by atoms with Crippen molar-refractivity contribution in [2.75, 3.05) is 39.8 Å². The second-order valence-corrected chi connectivity index (χ2v) is 8.56. The van der Waals surface area contributed by atoms with Gasteiger partial charge in [0.2, 0.25) is 5.91 Å². The van der Waals surface area contributed by atoms with Crippen molar-refractivity contribution in [1.82, 2.24) is 15.1 Å². The van der Waals surface area contributed by atoms with E-state index in [1.54, 1.807) is 0 Å². The van der Waals surface area contributed by atoms with E-state index < -0.39 is 0 Å². The van der Waals surface area contributed by atoms with Crippen molar-refractivity contribution >= 4 is 11.8 Å².